The predicted molar refractivity (Wildman–Crippen MR) is 120 cm³/mol. The number of halogens is 3. The van der Waals surface area contributed by atoms with Crippen LogP contribution in [0.15, 0.2) is 66.0 Å². The van der Waals surface area contributed by atoms with Crippen LogP contribution in [-0.4, -0.2) is 30.9 Å². The van der Waals surface area contributed by atoms with E-state index in [-0.39, 0.29) is 36.3 Å². The van der Waals surface area contributed by atoms with Gasteiger partial charge in [0.25, 0.3) is 11.8 Å². The lowest BCUT2D eigenvalue weighted by Gasteiger charge is -2.14. The molecule has 2 aromatic carbocycles. The molecular formula is C22H19F3N4O3S. The zero-order chi connectivity index (χ0) is 23.8. The molecule has 172 valence electrons. The molecule has 7 nitrogen and oxygen atoms in total. The van der Waals surface area contributed by atoms with Gasteiger partial charge in [-0.25, -0.2) is 4.79 Å². The van der Waals surface area contributed by atoms with Crippen molar-refractivity contribution in [3.05, 3.63) is 82.0 Å². The van der Waals surface area contributed by atoms with Crippen LogP contribution < -0.4 is 21.3 Å². The molecule has 33 heavy (non-hydrogen) atoms. The highest BCUT2D eigenvalue weighted by Gasteiger charge is 2.33. The smallest absolute Gasteiger partial charge is 0.350 e. The van der Waals surface area contributed by atoms with E-state index in [2.05, 4.69) is 21.3 Å². The number of carbonyl (C=O) groups is 3. The maximum absolute atomic E-state index is 13.0. The maximum Gasteiger partial charge on any atom is 0.418 e. The van der Waals surface area contributed by atoms with Crippen LogP contribution >= 0.6 is 11.3 Å². The minimum Gasteiger partial charge on any atom is -0.350 e. The van der Waals surface area contributed by atoms with E-state index in [9.17, 15) is 27.6 Å². The minimum atomic E-state index is -4.61. The molecule has 0 radical (unpaired) electrons. The van der Waals surface area contributed by atoms with Crippen LogP contribution in [0.4, 0.5) is 29.3 Å². The number of hydrogen-bond acceptors (Lipinski definition) is 4. The number of rotatable bonds is 7. The van der Waals surface area contributed by atoms with Crippen molar-refractivity contribution in [2.24, 2.45) is 0 Å². The van der Waals surface area contributed by atoms with Crippen LogP contribution in [0.1, 0.15) is 25.6 Å². The van der Waals surface area contributed by atoms with Crippen molar-refractivity contribution in [3.63, 3.8) is 0 Å². The van der Waals surface area contributed by atoms with Crippen molar-refractivity contribution in [3.8, 4) is 0 Å². The first-order valence-corrected chi connectivity index (χ1v) is 10.6. The molecule has 0 fully saturated rings. The van der Waals surface area contributed by atoms with E-state index in [4.69, 9.17) is 0 Å². The van der Waals surface area contributed by atoms with Gasteiger partial charge in [0.05, 0.1) is 16.1 Å². The second kappa shape index (κ2) is 10.6. The van der Waals surface area contributed by atoms with Crippen molar-refractivity contribution in [2.45, 2.75) is 6.18 Å². The summed E-state index contributed by atoms with van der Waals surface area (Å²) in [6, 6.07) is 13.1. The summed E-state index contributed by atoms with van der Waals surface area (Å²) < 4.78 is 39.1. The summed E-state index contributed by atoms with van der Waals surface area (Å²) in [5, 5.41) is 11.7. The summed E-state index contributed by atoms with van der Waals surface area (Å²) in [7, 11) is 0. The highest BCUT2D eigenvalue weighted by molar-refractivity contribution is 7.12. The third-order valence-corrected chi connectivity index (χ3v) is 5.20. The molecule has 0 aliphatic rings. The second-order valence-corrected chi connectivity index (χ2v) is 7.64. The molecule has 4 amide bonds. The lowest BCUT2D eigenvalue weighted by atomic mass is 10.1. The minimum absolute atomic E-state index is 0.217. The Morgan fingerprint density at radius 1 is 0.788 bits per heavy atom. The molecular weight excluding hydrogens is 457 g/mol. The van der Waals surface area contributed by atoms with Crippen LogP contribution in [0, 0.1) is 0 Å². The topological polar surface area (TPSA) is 99.3 Å². The van der Waals surface area contributed by atoms with Gasteiger partial charge in [0.2, 0.25) is 0 Å². The summed E-state index contributed by atoms with van der Waals surface area (Å²) in [5.41, 5.74) is -0.729. The van der Waals surface area contributed by atoms with Crippen LogP contribution in [-0.2, 0) is 6.18 Å². The Balaban J connectivity index is 1.47. The molecule has 11 heteroatoms. The largest absolute Gasteiger partial charge is 0.418 e. The molecule has 1 aromatic heterocycles. The Labute approximate surface area is 191 Å². The average Bonchev–Trinajstić information content (AvgIpc) is 3.31. The first-order chi connectivity index (χ1) is 15.7. The maximum atomic E-state index is 13.0. The Hall–Kier alpha value is -3.86. The lowest BCUT2D eigenvalue weighted by molar-refractivity contribution is -0.136. The van der Waals surface area contributed by atoms with Gasteiger partial charge in [-0.15, -0.1) is 11.3 Å². The third-order valence-electron chi connectivity index (χ3n) is 4.33. The molecule has 0 bridgehead atoms. The van der Waals surface area contributed by atoms with Gasteiger partial charge in [-0.1, -0.05) is 18.2 Å². The summed E-state index contributed by atoms with van der Waals surface area (Å²) in [6.45, 7) is 0.471. The van der Waals surface area contributed by atoms with Crippen molar-refractivity contribution in [1.82, 2.24) is 10.6 Å². The van der Waals surface area contributed by atoms with E-state index in [0.717, 1.165) is 12.1 Å². The van der Waals surface area contributed by atoms with Gasteiger partial charge in [-0.05, 0) is 47.8 Å². The monoisotopic (exact) mass is 476 g/mol. The SMILES string of the molecule is O=C(Nc1ccc(C(=O)NCCNC(=O)c2cccs2)cc1)Nc1ccccc1C(F)(F)F. The van der Waals surface area contributed by atoms with Crippen molar-refractivity contribution in [1.29, 1.82) is 0 Å². The number of alkyl halides is 3. The van der Waals surface area contributed by atoms with Gasteiger partial charge >= 0.3 is 12.2 Å². The molecule has 0 atom stereocenters. The number of carbonyl (C=O) groups excluding carboxylic acids is 3. The summed E-state index contributed by atoms with van der Waals surface area (Å²) in [5.74, 6) is -0.596. The fourth-order valence-electron chi connectivity index (χ4n) is 2.78. The van der Waals surface area contributed by atoms with Gasteiger partial charge in [0, 0.05) is 24.3 Å². The van der Waals surface area contributed by atoms with Gasteiger partial charge < -0.3 is 21.3 Å². The van der Waals surface area contributed by atoms with E-state index in [1.165, 1.54) is 47.7 Å². The van der Waals surface area contributed by atoms with Crippen molar-refractivity contribution >= 4 is 40.6 Å². The molecule has 0 unspecified atom stereocenters. The summed E-state index contributed by atoms with van der Waals surface area (Å²) in [4.78, 5) is 36.7. The normalized spacial score (nSPS) is 10.9. The Bertz CT molecular complexity index is 1120. The Morgan fingerprint density at radius 2 is 1.45 bits per heavy atom. The molecule has 0 saturated carbocycles. The molecule has 0 aliphatic carbocycles. The number of urea groups is 1. The highest BCUT2D eigenvalue weighted by Crippen LogP contribution is 2.34. The fourth-order valence-corrected chi connectivity index (χ4v) is 3.42. The Kier molecular flexibility index (Phi) is 7.67. The van der Waals surface area contributed by atoms with Crippen LogP contribution in [0.5, 0.6) is 0 Å². The average molecular weight is 476 g/mol. The highest BCUT2D eigenvalue weighted by atomic mass is 32.1. The van der Waals surface area contributed by atoms with Gasteiger partial charge in [-0.2, -0.15) is 13.2 Å². The lowest BCUT2D eigenvalue weighted by Crippen LogP contribution is -2.34. The van der Waals surface area contributed by atoms with E-state index >= 15 is 0 Å². The van der Waals surface area contributed by atoms with Crippen LogP contribution in [0.25, 0.3) is 0 Å². The number of thiophene rings is 1. The molecule has 3 aromatic rings. The van der Waals surface area contributed by atoms with Gasteiger partial charge in [0.15, 0.2) is 0 Å². The van der Waals surface area contributed by atoms with E-state index in [0.29, 0.717) is 10.4 Å². The van der Waals surface area contributed by atoms with Crippen LogP contribution in [0.3, 0.4) is 0 Å². The van der Waals surface area contributed by atoms with Crippen LogP contribution in [0.2, 0.25) is 0 Å². The van der Waals surface area contributed by atoms with Gasteiger partial charge in [0.1, 0.15) is 0 Å². The second-order valence-electron chi connectivity index (χ2n) is 6.69. The zero-order valence-electron chi connectivity index (χ0n) is 17.0. The Morgan fingerprint density at radius 3 is 2.09 bits per heavy atom. The third kappa shape index (κ3) is 6.81. The molecule has 4 N–H and O–H groups in total. The van der Waals surface area contributed by atoms with E-state index in [1.807, 2.05) is 0 Å². The first-order valence-electron chi connectivity index (χ1n) is 9.68. The number of anilines is 2. The van der Waals surface area contributed by atoms with E-state index in [1.54, 1.807) is 17.5 Å². The van der Waals surface area contributed by atoms with E-state index < -0.39 is 17.8 Å². The number of hydrogen-bond donors (Lipinski definition) is 4. The fraction of sp³-hybridized carbons (Fsp3) is 0.136. The number of benzene rings is 2. The molecule has 3 rings (SSSR count). The summed E-state index contributed by atoms with van der Waals surface area (Å²) in [6.07, 6.45) is -4.61. The molecule has 0 aliphatic heterocycles. The number of para-hydroxylation sites is 1. The zero-order valence-corrected chi connectivity index (χ0v) is 17.8. The summed E-state index contributed by atoms with van der Waals surface area (Å²) >= 11 is 1.32. The molecule has 1 heterocycles. The number of nitrogens with one attached hydrogen (secondary N) is 4. The number of amides is 4. The predicted octanol–water partition coefficient (Wildman–Crippen LogP) is 4.57. The van der Waals surface area contributed by atoms with Crippen molar-refractivity contribution in [2.75, 3.05) is 23.7 Å². The van der Waals surface area contributed by atoms with Gasteiger partial charge in [-0.3, -0.25) is 9.59 Å². The molecule has 0 saturated heterocycles. The standard InChI is InChI=1S/C22H19F3N4O3S/c23-22(24,25)16-4-1-2-5-17(16)29-21(32)28-15-9-7-14(8-10-15)19(30)26-11-12-27-20(31)18-6-3-13-33-18/h1-10,13H,11-12H2,(H,26,30)(H,27,31)(H2,28,29,32). The van der Waals surface area contributed by atoms with Crippen molar-refractivity contribution < 1.29 is 27.6 Å². The molecule has 0 spiro atoms. The first kappa shape index (κ1) is 23.8. The quantitative estimate of drug-likeness (QED) is 0.376.